The van der Waals surface area contributed by atoms with Crippen molar-refractivity contribution < 1.29 is 4.74 Å². The molecule has 2 aliphatic rings. The lowest BCUT2D eigenvalue weighted by molar-refractivity contribution is -0.115. The monoisotopic (exact) mass is 302 g/mol. The zero-order valence-electron chi connectivity index (χ0n) is 12.8. The van der Waals surface area contributed by atoms with Gasteiger partial charge in [0.2, 0.25) is 0 Å². The van der Waals surface area contributed by atoms with Crippen LogP contribution in [0.3, 0.4) is 0 Å². The highest BCUT2D eigenvalue weighted by Gasteiger charge is 2.59. The minimum Gasteiger partial charge on any atom is -0.377 e. The zero-order valence-corrected chi connectivity index (χ0v) is 13.6. The molecule has 0 amide bonds. The number of nitrogens with zero attached hydrogens (tertiary/aromatic N) is 1. The van der Waals surface area contributed by atoms with Crippen molar-refractivity contribution in [2.75, 3.05) is 6.61 Å². The van der Waals surface area contributed by atoms with Crippen molar-refractivity contribution in [2.45, 2.75) is 45.4 Å². The molecule has 2 aromatic heterocycles. The topological polar surface area (TPSA) is 34.1 Å². The van der Waals surface area contributed by atoms with E-state index in [0.29, 0.717) is 24.1 Å². The Morgan fingerprint density at radius 2 is 2.33 bits per heavy atom. The standard InChI is InChI=1S/C17H22N2OS/c1-10(11-8-14-13(18-9-11)5-7-21-14)19-15-12-4-6-20-16(12)17(15,2)3/h5,7-10,12,15-16,19H,4,6H2,1-3H3/t10-,12-,15+,16-/m0/s1. The Morgan fingerprint density at radius 1 is 1.48 bits per heavy atom. The molecule has 0 radical (unpaired) electrons. The first-order valence-electron chi connectivity index (χ1n) is 7.78. The van der Waals surface area contributed by atoms with E-state index in [1.54, 1.807) is 11.3 Å². The molecule has 2 fully saturated rings. The second kappa shape index (κ2) is 4.77. The number of hydrogen-bond donors (Lipinski definition) is 1. The van der Waals surface area contributed by atoms with E-state index in [1.165, 1.54) is 16.7 Å². The number of pyridine rings is 1. The molecule has 3 heterocycles. The van der Waals surface area contributed by atoms with Crippen molar-refractivity contribution in [2.24, 2.45) is 11.3 Å². The smallest absolute Gasteiger partial charge is 0.0809 e. The number of aromatic nitrogens is 1. The highest BCUT2D eigenvalue weighted by atomic mass is 32.1. The number of nitrogens with one attached hydrogen (secondary N) is 1. The maximum absolute atomic E-state index is 5.88. The molecule has 1 aliphatic carbocycles. The minimum absolute atomic E-state index is 0.232. The Kier molecular flexibility index (Phi) is 3.10. The summed E-state index contributed by atoms with van der Waals surface area (Å²) in [6, 6.07) is 5.23. The summed E-state index contributed by atoms with van der Waals surface area (Å²) in [6.07, 6.45) is 3.65. The van der Waals surface area contributed by atoms with Gasteiger partial charge in [0.1, 0.15) is 0 Å². The van der Waals surface area contributed by atoms with Gasteiger partial charge in [0.15, 0.2) is 0 Å². The average molecular weight is 302 g/mol. The zero-order chi connectivity index (χ0) is 14.6. The summed E-state index contributed by atoms with van der Waals surface area (Å²) in [7, 11) is 0. The van der Waals surface area contributed by atoms with E-state index < -0.39 is 0 Å². The van der Waals surface area contributed by atoms with Crippen LogP contribution in [0.2, 0.25) is 0 Å². The molecule has 0 aromatic carbocycles. The lowest BCUT2D eigenvalue weighted by atomic mass is 9.57. The Balaban J connectivity index is 1.54. The summed E-state index contributed by atoms with van der Waals surface area (Å²) in [5, 5.41) is 5.94. The largest absolute Gasteiger partial charge is 0.377 e. The molecule has 0 unspecified atom stereocenters. The van der Waals surface area contributed by atoms with Crippen LogP contribution < -0.4 is 5.32 Å². The molecule has 3 nitrogen and oxygen atoms in total. The van der Waals surface area contributed by atoms with Gasteiger partial charge in [-0.1, -0.05) is 13.8 Å². The average Bonchev–Trinajstić information content (AvgIpc) is 3.11. The fraction of sp³-hybridized carbons (Fsp3) is 0.588. The van der Waals surface area contributed by atoms with Crippen LogP contribution in [0.5, 0.6) is 0 Å². The third kappa shape index (κ3) is 2.04. The van der Waals surface area contributed by atoms with E-state index in [-0.39, 0.29) is 5.41 Å². The molecular weight excluding hydrogens is 280 g/mol. The molecule has 21 heavy (non-hydrogen) atoms. The van der Waals surface area contributed by atoms with Crippen molar-refractivity contribution in [1.29, 1.82) is 0 Å². The molecule has 4 atom stereocenters. The van der Waals surface area contributed by atoms with Crippen molar-refractivity contribution in [3.8, 4) is 0 Å². The van der Waals surface area contributed by atoms with Gasteiger partial charge in [-0.2, -0.15) is 0 Å². The van der Waals surface area contributed by atoms with E-state index in [0.717, 1.165) is 12.1 Å². The summed E-state index contributed by atoms with van der Waals surface area (Å²) < 4.78 is 7.16. The molecule has 112 valence electrons. The summed E-state index contributed by atoms with van der Waals surface area (Å²) >= 11 is 1.76. The third-order valence-corrected chi connectivity index (χ3v) is 6.21. The molecule has 2 aromatic rings. The molecule has 4 rings (SSSR count). The van der Waals surface area contributed by atoms with Crippen LogP contribution in [0.4, 0.5) is 0 Å². The van der Waals surface area contributed by atoms with Crippen molar-refractivity contribution >= 4 is 21.6 Å². The van der Waals surface area contributed by atoms with Crippen LogP contribution >= 0.6 is 11.3 Å². The van der Waals surface area contributed by atoms with Gasteiger partial charge in [0.25, 0.3) is 0 Å². The normalized spacial score (nSPS) is 31.9. The summed E-state index contributed by atoms with van der Waals surface area (Å²) in [6.45, 7) is 7.82. The van der Waals surface area contributed by atoms with Gasteiger partial charge in [0, 0.05) is 36.2 Å². The first-order valence-corrected chi connectivity index (χ1v) is 8.66. The van der Waals surface area contributed by atoms with Gasteiger partial charge in [-0.05, 0) is 36.4 Å². The second-order valence-corrected chi connectivity index (χ2v) is 7.95. The highest BCUT2D eigenvalue weighted by Crippen LogP contribution is 2.52. The molecule has 4 heteroatoms. The molecular formula is C17H22N2OS. The Hall–Kier alpha value is -0.970. The molecule has 0 spiro atoms. The van der Waals surface area contributed by atoms with E-state index in [9.17, 15) is 0 Å². The van der Waals surface area contributed by atoms with Crippen molar-refractivity contribution in [3.63, 3.8) is 0 Å². The molecule has 0 bridgehead atoms. The lowest BCUT2D eigenvalue weighted by Gasteiger charge is -2.55. The van der Waals surface area contributed by atoms with Gasteiger partial charge in [-0.15, -0.1) is 11.3 Å². The Bertz CT molecular complexity index is 666. The van der Waals surface area contributed by atoms with Crippen LogP contribution in [-0.2, 0) is 4.74 Å². The quantitative estimate of drug-likeness (QED) is 0.937. The molecule has 1 saturated heterocycles. The fourth-order valence-corrected chi connectivity index (χ4v) is 4.92. The maximum atomic E-state index is 5.88. The van der Waals surface area contributed by atoms with Crippen molar-refractivity contribution in [1.82, 2.24) is 10.3 Å². The van der Waals surface area contributed by atoms with Gasteiger partial charge >= 0.3 is 0 Å². The lowest BCUT2D eigenvalue weighted by Crippen LogP contribution is -2.66. The van der Waals surface area contributed by atoms with E-state index in [4.69, 9.17) is 4.74 Å². The highest BCUT2D eigenvalue weighted by molar-refractivity contribution is 7.17. The first kappa shape index (κ1) is 13.7. The Labute approximate surface area is 129 Å². The van der Waals surface area contributed by atoms with Gasteiger partial charge < -0.3 is 10.1 Å². The van der Waals surface area contributed by atoms with Gasteiger partial charge in [-0.3, -0.25) is 4.98 Å². The van der Waals surface area contributed by atoms with Crippen LogP contribution in [0.1, 0.15) is 38.8 Å². The third-order valence-electron chi connectivity index (χ3n) is 5.35. The van der Waals surface area contributed by atoms with Crippen LogP contribution in [0.25, 0.3) is 10.2 Å². The van der Waals surface area contributed by atoms with Gasteiger partial charge in [0.05, 0.1) is 16.3 Å². The number of fused-ring (bicyclic) bond motifs is 2. The number of ether oxygens (including phenoxy) is 1. The van der Waals surface area contributed by atoms with Crippen LogP contribution in [0, 0.1) is 11.3 Å². The number of rotatable bonds is 3. The summed E-state index contributed by atoms with van der Waals surface area (Å²) in [5.74, 6) is 0.681. The SMILES string of the molecule is C[C@H](N[C@@H]1[C@@H]2CCO[C@@H]2C1(C)C)c1cnc2ccsc2c1. The molecule has 1 saturated carbocycles. The van der Waals surface area contributed by atoms with Gasteiger partial charge in [-0.25, -0.2) is 0 Å². The molecule has 1 aliphatic heterocycles. The Morgan fingerprint density at radius 3 is 3.19 bits per heavy atom. The number of hydrogen-bond acceptors (Lipinski definition) is 4. The minimum atomic E-state index is 0.232. The maximum Gasteiger partial charge on any atom is 0.0809 e. The number of thiophene rings is 1. The fourth-order valence-electron chi connectivity index (χ4n) is 4.13. The van der Waals surface area contributed by atoms with Crippen LogP contribution in [0.15, 0.2) is 23.7 Å². The van der Waals surface area contributed by atoms with E-state index in [1.807, 2.05) is 6.20 Å². The predicted molar refractivity (Wildman–Crippen MR) is 86.6 cm³/mol. The molecule has 1 N–H and O–H groups in total. The van der Waals surface area contributed by atoms with E-state index >= 15 is 0 Å². The first-order chi connectivity index (χ1) is 10.1. The second-order valence-electron chi connectivity index (χ2n) is 7.00. The predicted octanol–water partition coefficient (Wildman–Crippen LogP) is 3.76. The van der Waals surface area contributed by atoms with Crippen molar-refractivity contribution in [3.05, 3.63) is 29.3 Å². The summed E-state index contributed by atoms with van der Waals surface area (Å²) in [4.78, 5) is 4.56. The van der Waals surface area contributed by atoms with E-state index in [2.05, 4.69) is 48.6 Å². The summed E-state index contributed by atoms with van der Waals surface area (Å²) in [5.41, 5.74) is 2.61. The van der Waals surface area contributed by atoms with Crippen LogP contribution in [-0.4, -0.2) is 23.7 Å².